The second-order valence-electron chi connectivity index (χ2n) is 5.48. The van der Waals surface area contributed by atoms with Crippen LogP contribution in [0.1, 0.15) is 23.2 Å². The van der Waals surface area contributed by atoms with Gasteiger partial charge in [-0.1, -0.05) is 0 Å². The molecular formula is C15H14ClN5O2. The number of fused-ring (bicyclic) bond motifs is 1. The molecule has 0 radical (unpaired) electrons. The Balaban J connectivity index is 1.76. The first kappa shape index (κ1) is 14.1. The highest BCUT2D eigenvalue weighted by Gasteiger charge is 2.21. The van der Waals surface area contributed by atoms with E-state index in [-0.39, 0.29) is 11.1 Å². The first-order valence-electron chi connectivity index (χ1n) is 7.33. The number of nitrogens with zero attached hydrogens (tertiary/aromatic N) is 4. The highest BCUT2D eigenvalue weighted by atomic mass is 35.5. The lowest BCUT2D eigenvalue weighted by molar-refractivity contribution is 0.0793. The lowest BCUT2D eigenvalue weighted by Gasteiger charge is -2.15. The maximum absolute atomic E-state index is 12.5. The molecule has 1 aliphatic heterocycles. The monoisotopic (exact) mass is 331 g/mol. The molecule has 8 heteroatoms. The van der Waals surface area contributed by atoms with Gasteiger partial charge in [-0.15, -0.1) is 5.10 Å². The number of rotatable bonds is 2. The maximum Gasteiger partial charge on any atom is 0.254 e. The van der Waals surface area contributed by atoms with E-state index in [1.54, 1.807) is 24.3 Å². The van der Waals surface area contributed by atoms with Crippen molar-refractivity contribution >= 4 is 29.0 Å². The Labute approximate surface area is 136 Å². The van der Waals surface area contributed by atoms with Gasteiger partial charge in [-0.3, -0.25) is 4.79 Å². The third-order valence-electron chi connectivity index (χ3n) is 3.90. The molecule has 118 valence electrons. The zero-order valence-corrected chi connectivity index (χ0v) is 13.0. The normalized spacial score (nSPS) is 14.7. The van der Waals surface area contributed by atoms with Crippen LogP contribution < -0.4 is 5.73 Å². The summed E-state index contributed by atoms with van der Waals surface area (Å²) < 4.78 is 6.79. The topological polar surface area (TPSA) is 89.7 Å². The average Bonchev–Trinajstić information content (AvgIpc) is 3.25. The molecule has 1 saturated heterocycles. The van der Waals surface area contributed by atoms with Crippen molar-refractivity contribution in [2.45, 2.75) is 12.8 Å². The number of likely N-dealkylation sites (tertiary alicyclic amines) is 1. The highest BCUT2D eigenvalue weighted by Crippen LogP contribution is 2.24. The van der Waals surface area contributed by atoms with E-state index in [1.165, 1.54) is 4.52 Å². The van der Waals surface area contributed by atoms with Gasteiger partial charge in [-0.25, -0.2) is 4.98 Å². The molecule has 0 atom stereocenters. The van der Waals surface area contributed by atoms with Gasteiger partial charge in [0, 0.05) is 18.7 Å². The predicted octanol–water partition coefficient (Wildman–Crippen LogP) is 2.46. The highest BCUT2D eigenvalue weighted by molar-refractivity contribution is 6.28. The molecule has 4 heterocycles. The van der Waals surface area contributed by atoms with Gasteiger partial charge in [-0.2, -0.15) is 4.52 Å². The molecule has 0 bridgehead atoms. The first-order valence-corrected chi connectivity index (χ1v) is 7.71. The molecule has 1 fully saturated rings. The fraction of sp³-hybridized carbons (Fsp3) is 0.267. The summed E-state index contributed by atoms with van der Waals surface area (Å²) in [5.41, 5.74) is 7.04. The fourth-order valence-corrected chi connectivity index (χ4v) is 2.92. The van der Waals surface area contributed by atoms with Crippen LogP contribution in [0.15, 0.2) is 28.7 Å². The molecule has 1 aliphatic rings. The van der Waals surface area contributed by atoms with Crippen LogP contribution in [-0.2, 0) is 0 Å². The van der Waals surface area contributed by atoms with Crippen molar-refractivity contribution in [3.63, 3.8) is 0 Å². The number of hydrogen-bond acceptors (Lipinski definition) is 5. The van der Waals surface area contributed by atoms with Crippen LogP contribution in [0.25, 0.3) is 17.2 Å². The summed E-state index contributed by atoms with van der Waals surface area (Å²) in [6.07, 6.45) is 2.08. The smallest absolute Gasteiger partial charge is 0.254 e. The van der Waals surface area contributed by atoms with Crippen LogP contribution in [0.5, 0.6) is 0 Å². The Morgan fingerprint density at radius 1 is 1.26 bits per heavy atom. The minimum atomic E-state index is -0.0257. The molecule has 0 aromatic carbocycles. The number of pyridine rings is 1. The number of nitrogen functional groups attached to an aromatic ring is 1. The van der Waals surface area contributed by atoms with E-state index in [4.69, 9.17) is 21.8 Å². The lowest BCUT2D eigenvalue weighted by Crippen LogP contribution is -2.27. The average molecular weight is 332 g/mol. The third kappa shape index (κ3) is 2.43. The van der Waals surface area contributed by atoms with Gasteiger partial charge in [0.25, 0.3) is 5.91 Å². The molecule has 2 N–H and O–H groups in total. The lowest BCUT2D eigenvalue weighted by atomic mass is 10.2. The largest absolute Gasteiger partial charge is 0.441 e. The number of aromatic nitrogens is 3. The van der Waals surface area contributed by atoms with E-state index in [2.05, 4.69) is 10.1 Å². The predicted molar refractivity (Wildman–Crippen MR) is 85.2 cm³/mol. The van der Waals surface area contributed by atoms with Crippen LogP contribution in [-0.4, -0.2) is 38.5 Å². The molecular weight excluding hydrogens is 318 g/mol. The second kappa shape index (κ2) is 5.27. The van der Waals surface area contributed by atoms with E-state index in [9.17, 15) is 4.79 Å². The maximum atomic E-state index is 12.5. The van der Waals surface area contributed by atoms with Gasteiger partial charge < -0.3 is 15.1 Å². The van der Waals surface area contributed by atoms with Gasteiger partial charge in [0.15, 0.2) is 16.6 Å². The van der Waals surface area contributed by atoms with Crippen molar-refractivity contribution in [2.75, 3.05) is 18.8 Å². The van der Waals surface area contributed by atoms with Crippen LogP contribution >= 0.6 is 11.6 Å². The number of furan rings is 1. The van der Waals surface area contributed by atoms with E-state index in [0.717, 1.165) is 25.9 Å². The van der Waals surface area contributed by atoms with Gasteiger partial charge in [0.1, 0.15) is 5.82 Å². The van der Waals surface area contributed by atoms with Crippen LogP contribution in [0.2, 0.25) is 5.22 Å². The molecule has 0 saturated carbocycles. The van der Waals surface area contributed by atoms with Crippen LogP contribution in [0, 0.1) is 0 Å². The van der Waals surface area contributed by atoms with Crippen molar-refractivity contribution < 1.29 is 9.21 Å². The van der Waals surface area contributed by atoms with E-state index >= 15 is 0 Å². The number of anilines is 1. The molecule has 3 aromatic heterocycles. The van der Waals surface area contributed by atoms with E-state index < -0.39 is 0 Å². The fourth-order valence-electron chi connectivity index (χ4n) is 2.77. The quantitative estimate of drug-likeness (QED) is 0.779. The summed E-state index contributed by atoms with van der Waals surface area (Å²) >= 11 is 5.78. The summed E-state index contributed by atoms with van der Waals surface area (Å²) in [5.74, 6) is 1.14. The number of nitrogens with two attached hydrogens (primary N) is 1. The van der Waals surface area contributed by atoms with Crippen molar-refractivity contribution in [1.82, 2.24) is 19.5 Å². The van der Waals surface area contributed by atoms with Crippen molar-refractivity contribution in [3.8, 4) is 11.6 Å². The third-order valence-corrected chi connectivity index (χ3v) is 4.10. The summed E-state index contributed by atoms with van der Waals surface area (Å²) in [6.45, 7) is 1.57. The van der Waals surface area contributed by atoms with E-state index in [1.807, 2.05) is 4.90 Å². The minimum absolute atomic E-state index is 0.0257. The Morgan fingerprint density at radius 3 is 2.74 bits per heavy atom. The van der Waals surface area contributed by atoms with E-state index in [0.29, 0.717) is 28.6 Å². The molecule has 23 heavy (non-hydrogen) atoms. The van der Waals surface area contributed by atoms with Crippen LogP contribution in [0.3, 0.4) is 0 Å². The number of carbonyl (C=O) groups is 1. The van der Waals surface area contributed by atoms with Gasteiger partial charge >= 0.3 is 0 Å². The Hall–Kier alpha value is -2.54. The SMILES string of the molecule is Nc1cc(C(=O)N2CCCC2)cc2nc(-c3ccc(Cl)o3)nn12. The van der Waals surface area contributed by atoms with Crippen molar-refractivity contribution in [2.24, 2.45) is 0 Å². The molecule has 7 nitrogen and oxygen atoms in total. The molecule has 0 unspecified atom stereocenters. The zero-order valence-electron chi connectivity index (χ0n) is 12.2. The molecule has 4 rings (SSSR count). The summed E-state index contributed by atoms with van der Waals surface area (Å²) in [5, 5.41) is 4.56. The molecule has 1 amide bonds. The van der Waals surface area contributed by atoms with Crippen molar-refractivity contribution in [1.29, 1.82) is 0 Å². The zero-order chi connectivity index (χ0) is 16.0. The van der Waals surface area contributed by atoms with Gasteiger partial charge in [-0.05, 0) is 48.7 Å². The number of carbonyl (C=O) groups excluding carboxylic acids is 1. The second-order valence-corrected chi connectivity index (χ2v) is 5.85. The molecule has 0 spiro atoms. The standard InChI is InChI=1S/C15H14ClN5O2/c16-11-4-3-10(23-11)14-18-13-8-9(7-12(17)21(13)19-14)15(22)20-5-1-2-6-20/h3-4,7-8H,1-2,5-6,17H2. The minimum Gasteiger partial charge on any atom is -0.441 e. The number of hydrogen-bond donors (Lipinski definition) is 1. The summed E-state index contributed by atoms with van der Waals surface area (Å²) in [7, 11) is 0. The van der Waals surface area contributed by atoms with Gasteiger partial charge in [0.05, 0.1) is 0 Å². The number of amides is 1. The molecule has 3 aromatic rings. The number of halogens is 1. The van der Waals surface area contributed by atoms with Crippen molar-refractivity contribution in [3.05, 3.63) is 35.0 Å². The van der Waals surface area contributed by atoms with Crippen LogP contribution in [0.4, 0.5) is 5.82 Å². The Morgan fingerprint density at radius 2 is 2.04 bits per heavy atom. The summed E-state index contributed by atoms with van der Waals surface area (Å²) in [4.78, 5) is 18.7. The first-order chi connectivity index (χ1) is 11.1. The Bertz CT molecular complexity index is 895. The summed E-state index contributed by atoms with van der Waals surface area (Å²) in [6, 6.07) is 6.62. The Kier molecular flexibility index (Phi) is 3.23. The molecule has 0 aliphatic carbocycles. The van der Waals surface area contributed by atoms with Gasteiger partial charge in [0.2, 0.25) is 5.82 Å².